The summed E-state index contributed by atoms with van der Waals surface area (Å²) in [5, 5.41) is 0. The highest BCUT2D eigenvalue weighted by Gasteiger charge is 2.11. The lowest BCUT2D eigenvalue weighted by molar-refractivity contribution is -0.140. The molecule has 0 aliphatic carbocycles. The number of hydrogen-bond donors (Lipinski definition) is 0. The number of carbonyl (C=O) groups excluding carboxylic acids is 1. The Kier molecular flexibility index (Phi) is 15.6. The highest BCUT2D eigenvalue weighted by Crippen LogP contribution is 2.23. The van der Waals surface area contributed by atoms with Crippen molar-refractivity contribution < 1.29 is 9.53 Å². The first kappa shape index (κ1) is 22.7. The molecule has 0 aromatic carbocycles. The van der Waals surface area contributed by atoms with Crippen molar-refractivity contribution in [3.05, 3.63) is 0 Å². The molecule has 0 N–H and O–H groups in total. The van der Waals surface area contributed by atoms with E-state index in [9.17, 15) is 4.79 Å². The van der Waals surface area contributed by atoms with E-state index in [0.29, 0.717) is 11.8 Å². The van der Waals surface area contributed by atoms with Gasteiger partial charge in [-0.15, -0.1) is 0 Å². The Balaban J connectivity index is 0. The molecule has 0 aromatic rings. The molecule has 0 atom stereocenters. The molecular weight excluding hydrogens is 260 g/mol. The maximum Gasteiger partial charge on any atom is 0.305 e. The Labute approximate surface area is 134 Å². The van der Waals surface area contributed by atoms with Crippen LogP contribution in [0, 0.1) is 11.3 Å². The number of rotatable bonds is 9. The van der Waals surface area contributed by atoms with Crippen molar-refractivity contribution in [2.75, 3.05) is 7.11 Å². The monoisotopic (exact) mass is 300 g/mol. The smallest absolute Gasteiger partial charge is 0.305 e. The van der Waals surface area contributed by atoms with Crippen LogP contribution in [0.3, 0.4) is 0 Å². The number of unbranched alkanes of at least 4 members (excludes halogenated alkanes) is 6. The number of ether oxygens (including phenoxy) is 1. The largest absolute Gasteiger partial charge is 0.469 e. The number of methoxy groups -OCH3 is 1. The second-order valence-electron chi connectivity index (χ2n) is 7.61. The van der Waals surface area contributed by atoms with Crippen LogP contribution >= 0.6 is 0 Å². The fourth-order valence-corrected chi connectivity index (χ4v) is 2.55. The van der Waals surface area contributed by atoms with Crippen LogP contribution in [0.25, 0.3) is 0 Å². The Bertz CT molecular complexity index is 226. The third kappa shape index (κ3) is 24.8. The molecule has 0 heterocycles. The van der Waals surface area contributed by atoms with Crippen molar-refractivity contribution in [3.8, 4) is 0 Å². The molecule has 2 heteroatoms. The molecule has 0 bridgehead atoms. The van der Waals surface area contributed by atoms with Crippen LogP contribution in [-0.4, -0.2) is 13.1 Å². The summed E-state index contributed by atoms with van der Waals surface area (Å²) in [5.41, 5.74) is 0.522. The predicted molar refractivity (Wildman–Crippen MR) is 93.5 cm³/mol. The number of hydrogen-bond acceptors (Lipinski definition) is 2. The van der Waals surface area contributed by atoms with E-state index in [1.807, 2.05) is 0 Å². The minimum absolute atomic E-state index is 0.0754. The van der Waals surface area contributed by atoms with Gasteiger partial charge >= 0.3 is 5.97 Å². The van der Waals surface area contributed by atoms with Gasteiger partial charge in [-0.05, 0) is 24.2 Å². The molecule has 0 saturated carbocycles. The topological polar surface area (TPSA) is 26.3 Å². The van der Waals surface area contributed by atoms with Gasteiger partial charge in [0.25, 0.3) is 0 Å². The highest BCUT2D eigenvalue weighted by atomic mass is 16.5. The van der Waals surface area contributed by atoms with Crippen LogP contribution in [0.5, 0.6) is 0 Å². The summed E-state index contributed by atoms with van der Waals surface area (Å²) in [6.07, 6.45) is 10.6. The third-order valence-corrected chi connectivity index (χ3v) is 3.23. The van der Waals surface area contributed by atoms with E-state index in [-0.39, 0.29) is 5.97 Å². The summed E-state index contributed by atoms with van der Waals surface area (Å²) in [6.45, 7) is 13.6. The van der Waals surface area contributed by atoms with Gasteiger partial charge in [0.15, 0.2) is 0 Å². The second kappa shape index (κ2) is 14.4. The lowest BCUT2D eigenvalue weighted by Gasteiger charge is -2.19. The minimum atomic E-state index is -0.0754. The van der Waals surface area contributed by atoms with Crippen LogP contribution in [0.1, 0.15) is 99.3 Å². The zero-order chi connectivity index (χ0) is 16.7. The van der Waals surface area contributed by atoms with Gasteiger partial charge in [0.2, 0.25) is 0 Å². The summed E-state index contributed by atoms with van der Waals surface area (Å²) >= 11 is 0. The summed E-state index contributed by atoms with van der Waals surface area (Å²) in [6, 6.07) is 0. The standard InChI is InChI=1S/C11H22O2.C8H18/c1-3-4-5-6-7-8-9-10-11(12)13-2;1-7(2)6-8(3,4)5/h3-10H2,1-2H3;7H,6H2,1-5H3. The highest BCUT2D eigenvalue weighted by molar-refractivity contribution is 5.68. The Morgan fingerprint density at radius 3 is 1.76 bits per heavy atom. The van der Waals surface area contributed by atoms with Crippen molar-refractivity contribution >= 4 is 5.97 Å². The first-order valence-corrected chi connectivity index (χ1v) is 8.79. The van der Waals surface area contributed by atoms with Gasteiger partial charge in [0.1, 0.15) is 0 Å². The average Bonchev–Trinajstić information content (AvgIpc) is 2.35. The molecule has 21 heavy (non-hydrogen) atoms. The zero-order valence-corrected chi connectivity index (χ0v) is 15.8. The van der Waals surface area contributed by atoms with Crippen molar-refractivity contribution in [1.29, 1.82) is 0 Å². The molecule has 0 radical (unpaired) electrons. The van der Waals surface area contributed by atoms with Crippen molar-refractivity contribution in [3.63, 3.8) is 0 Å². The maximum atomic E-state index is 10.7. The van der Waals surface area contributed by atoms with E-state index in [1.165, 1.54) is 52.1 Å². The van der Waals surface area contributed by atoms with E-state index < -0.39 is 0 Å². The van der Waals surface area contributed by atoms with Crippen LogP contribution in [0.15, 0.2) is 0 Å². The zero-order valence-electron chi connectivity index (χ0n) is 15.8. The van der Waals surface area contributed by atoms with Crippen LogP contribution in [-0.2, 0) is 9.53 Å². The second-order valence-corrected chi connectivity index (χ2v) is 7.61. The van der Waals surface area contributed by atoms with Crippen LogP contribution in [0.2, 0.25) is 0 Å². The first-order chi connectivity index (χ1) is 9.72. The van der Waals surface area contributed by atoms with E-state index in [2.05, 4.69) is 46.3 Å². The molecule has 128 valence electrons. The lowest BCUT2D eigenvalue weighted by Crippen LogP contribution is -2.08. The SMILES string of the molecule is CC(C)CC(C)(C)C.CCCCCCCCCC(=O)OC. The van der Waals surface area contributed by atoms with Gasteiger partial charge in [-0.3, -0.25) is 4.79 Å². The quantitative estimate of drug-likeness (QED) is 0.365. The average molecular weight is 301 g/mol. The molecule has 0 rings (SSSR count). The molecule has 2 nitrogen and oxygen atoms in total. The summed E-state index contributed by atoms with van der Waals surface area (Å²) < 4.78 is 4.56. The molecule has 0 aliphatic heterocycles. The van der Waals surface area contributed by atoms with Gasteiger partial charge in [-0.1, -0.05) is 80.1 Å². The summed E-state index contributed by atoms with van der Waals surface area (Å²) in [5.74, 6) is 0.767. The van der Waals surface area contributed by atoms with Gasteiger partial charge < -0.3 is 4.74 Å². The fraction of sp³-hybridized carbons (Fsp3) is 0.947. The van der Waals surface area contributed by atoms with E-state index in [1.54, 1.807) is 0 Å². The summed E-state index contributed by atoms with van der Waals surface area (Å²) in [4.78, 5) is 10.7. The van der Waals surface area contributed by atoms with Crippen molar-refractivity contribution in [1.82, 2.24) is 0 Å². The van der Waals surface area contributed by atoms with Gasteiger partial charge in [0, 0.05) is 6.42 Å². The van der Waals surface area contributed by atoms with Gasteiger partial charge in [0.05, 0.1) is 7.11 Å². The van der Waals surface area contributed by atoms with Gasteiger partial charge in [-0.25, -0.2) is 0 Å². The molecule has 0 unspecified atom stereocenters. The van der Waals surface area contributed by atoms with E-state index in [0.717, 1.165) is 12.3 Å². The fourth-order valence-electron chi connectivity index (χ4n) is 2.55. The maximum absolute atomic E-state index is 10.7. The predicted octanol–water partition coefficient (Wildman–Crippen LogP) is 6.38. The number of carbonyl (C=O) groups is 1. The molecular formula is C19H40O2. The lowest BCUT2D eigenvalue weighted by atomic mass is 9.86. The van der Waals surface area contributed by atoms with E-state index in [4.69, 9.17) is 0 Å². The van der Waals surface area contributed by atoms with Crippen LogP contribution < -0.4 is 0 Å². The Morgan fingerprint density at radius 1 is 0.952 bits per heavy atom. The number of esters is 1. The first-order valence-electron chi connectivity index (χ1n) is 8.79. The molecule has 0 aromatic heterocycles. The Hall–Kier alpha value is -0.530. The normalized spacial score (nSPS) is 11.0. The third-order valence-electron chi connectivity index (χ3n) is 3.23. The molecule has 0 fully saturated rings. The summed E-state index contributed by atoms with van der Waals surface area (Å²) in [7, 11) is 1.45. The van der Waals surface area contributed by atoms with Crippen molar-refractivity contribution in [2.24, 2.45) is 11.3 Å². The van der Waals surface area contributed by atoms with E-state index >= 15 is 0 Å². The Morgan fingerprint density at radius 2 is 1.43 bits per heavy atom. The van der Waals surface area contributed by atoms with Crippen LogP contribution in [0.4, 0.5) is 0 Å². The van der Waals surface area contributed by atoms with Gasteiger partial charge in [-0.2, -0.15) is 0 Å². The minimum Gasteiger partial charge on any atom is -0.469 e. The molecule has 0 spiro atoms. The molecule has 0 amide bonds. The van der Waals surface area contributed by atoms with Crippen molar-refractivity contribution in [2.45, 2.75) is 99.3 Å². The molecule has 0 saturated heterocycles. The molecule has 0 aliphatic rings.